The Hall–Kier alpha value is -3.23. The first-order valence-corrected chi connectivity index (χ1v) is 7.00. The first kappa shape index (κ1) is 16.6. The SMILES string of the molecule is O=C(Nc1cccc(C(F)(F)F)c1)O/N=C\c1ccc2c(c1)OCO2. The van der Waals surface area contributed by atoms with Gasteiger partial charge in [0, 0.05) is 11.3 Å². The Morgan fingerprint density at radius 1 is 1.16 bits per heavy atom. The number of hydrogen-bond donors (Lipinski definition) is 1. The molecule has 0 aliphatic carbocycles. The smallest absolute Gasteiger partial charge is 0.437 e. The summed E-state index contributed by atoms with van der Waals surface area (Å²) in [6.45, 7) is 0.131. The maximum atomic E-state index is 12.6. The molecule has 1 aliphatic heterocycles. The molecule has 9 heteroatoms. The number of carbonyl (C=O) groups is 1. The van der Waals surface area contributed by atoms with Crippen LogP contribution in [0.1, 0.15) is 11.1 Å². The van der Waals surface area contributed by atoms with E-state index < -0.39 is 17.8 Å². The number of anilines is 1. The zero-order valence-electron chi connectivity index (χ0n) is 12.5. The van der Waals surface area contributed by atoms with Crippen LogP contribution in [0.3, 0.4) is 0 Å². The molecule has 0 atom stereocenters. The molecule has 1 heterocycles. The molecule has 0 bridgehead atoms. The number of amides is 1. The van der Waals surface area contributed by atoms with Crippen molar-refractivity contribution in [3.63, 3.8) is 0 Å². The molecule has 1 amide bonds. The van der Waals surface area contributed by atoms with E-state index in [1.807, 2.05) is 0 Å². The van der Waals surface area contributed by atoms with Crippen molar-refractivity contribution in [1.29, 1.82) is 0 Å². The zero-order valence-corrected chi connectivity index (χ0v) is 12.5. The van der Waals surface area contributed by atoms with Gasteiger partial charge >= 0.3 is 12.3 Å². The van der Waals surface area contributed by atoms with Crippen molar-refractivity contribution in [2.45, 2.75) is 6.18 Å². The Balaban J connectivity index is 1.58. The maximum absolute atomic E-state index is 12.6. The van der Waals surface area contributed by atoms with Crippen LogP contribution in [0.2, 0.25) is 0 Å². The van der Waals surface area contributed by atoms with Gasteiger partial charge in [-0.2, -0.15) is 13.2 Å². The second-order valence-electron chi connectivity index (χ2n) is 4.93. The number of fused-ring (bicyclic) bond motifs is 1. The predicted octanol–water partition coefficient (Wildman–Crippen LogP) is 4.02. The summed E-state index contributed by atoms with van der Waals surface area (Å²) in [4.78, 5) is 16.1. The van der Waals surface area contributed by atoms with Crippen molar-refractivity contribution in [3.8, 4) is 11.5 Å². The first-order chi connectivity index (χ1) is 11.9. The monoisotopic (exact) mass is 352 g/mol. The van der Waals surface area contributed by atoms with Gasteiger partial charge in [0.25, 0.3) is 0 Å². The minimum absolute atomic E-state index is 0.0573. The van der Waals surface area contributed by atoms with Crippen LogP contribution in [0.25, 0.3) is 0 Å². The lowest BCUT2D eigenvalue weighted by Crippen LogP contribution is -2.12. The highest BCUT2D eigenvalue weighted by Crippen LogP contribution is 2.32. The Kier molecular flexibility index (Phi) is 4.46. The Morgan fingerprint density at radius 2 is 1.96 bits per heavy atom. The van der Waals surface area contributed by atoms with Crippen molar-refractivity contribution in [1.82, 2.24) is 0 Å². The molecule has 0 spiro atoms. The molecule has 6 nitrogen and oxygen atoms in total. The topological polar surface area (TPSA) is 69.2 Å². The fourth-order valence-corrected chi connectivity index (χ4v) is 2.04. The Morgan fingerprint density at radius 3 is 2.76 bits per heavy atom. The molecule has 0 unspecified atom stereocenters. The normalized spacial score (nSPS) is 13.1. The third kappa shape index (κ3) is 4.19. The summed E-state index contributed by atoms with van der Waals surface area (Å²) in [5.41, 5.74) is -0.344. The lowest BCUT2D eigenvalue weighted by molar-refractivity contribution is -0.137. The summed E-state index contributed by atoms with van der Waals surface area (Å²) >= 11 is 0. The predicted molar refractivity (Wildman–Crippen MR) is 81.7 cm³/mol. The third-order valence-electron chi connectivity index (χ3n) is 3.17. The lowest BCUT2D eigenvalue weighted by Gasteiger charge is -2.08. The van der Waals surface area contributed by atoms with Crippen LogP contribution >= 0.6 is 0 Å². The minimum atomic E-state index is -4.50. The number of ether oxygens (including phenoxy) is 2. The van der Waals surface area contributed by atoms with Crippen LogP contribution < -0.4 is 14.8 Å². The second kappa shape index (κ2) is 6.71. The van der Waals surface area contributed by atoms with Gasteiger partial charge in [-0.1, -0.05) is 11.2 Å². The number of hydrogen-bond acceptors (Lipinski definition) is 5. The summed E-state index contributed by atoms with van der Waals surface area (Å²) in [6.07, 6.45) is -4.26. The molecule has 3 rings (SSSR count). The van der Waals surface area contributed by atoms with Gasteiger partial charge in [0.05, 0.1) is 11.8 Å². The molecule has 0 saturated heterocycles. The van der Waals surface area contributed by atoms with Crippen LogP contribution in [0.15, 0.2) is 47.6 Å². The van der Waals surface area contributed by atoms with Crippen LogP contribution in [0.5, 0.6) is 11.5 Å². The first-order valence-electron chi connectivity index (χ1n) is 7.00. The quantitative estimate of drug-likeness (QED) is 0.515. The van der Waals surface area contributed by atoms with Crippen molar-refractivity contribution in [2.24, 2.45) is 5.16 Å². The average Bonchev–Trinajstić information content (AvgIpc) is 3.02. The van der Waals surface area contributed by atoms with E-state index in [0.29, 0.717) is 17.1 Å². The van der Waals surface area contributed by atoms with Crippen LogP contribution in [-0.4, -0.2) is 19.1 Å². The standard InChI is InChI=1S/C16H11F3N2O4/c17-16(18,19)11-2-1-3-12(7-11)21-15(22)25-20-8-10-4-5-13-14(6-10)24-9-23-13/h1-8H,9H2,(H,21,22)/b20-8-. The number of benzene rings is 2. The van der Waals surface area contributed by atoms with Crippen molar-refractivity contribution in [3.05, 3.63) is 53.6 Å². The molecule has 0 aromatic heterocycles. The summed E-state index contributed by atoms with van der Waals surface area (Å²) in [5.74, 6) is 1.14. The zero-order chi connectivity index (χ0) is 17.9. The highest BCUT2D eigenvalue weighted by atomic mass is 19.4. The molecule has 25 heavy (non-hydrogen) atoms. The van der Waals surface area contributed by atoms with E-state index in [-0.39, 0.29) is 12.5 Å². The highest BCUT2D eigenvalue weighted by Gasteiger charge is 2.30. The van der Waals surface area contributed by atoms with E-state index >= 15 is 0 Å². The van der Waals surface area contributed by atoms with Gasteiger partial charge in [-0.25, -0.2) is 4.79 Å². The number of rotatable bonds is 3. The van der Waals surface area contributed by atoms with Crippen LogP contribution in [0.4, 0.5) is 23.7 Å². The summed E-state index contributed by atoms with van der Waals surface area (Å²) in [6, 6.07) is 9.15. The Labute approximate surface area is 139 Å². The van der Waals surface area contributed by atoms with Gasteiger partial charge in [0.15, 0.2) is 11.5 Å². The average molecular weight is 352 g/mol. The van der Waals surface area contributed by atoms with Gasteiger partial charge < -0.3 is 9.47 Å². The number of oxime groups is 1. The number of nitrogens with zero attached hydrogens (tertiary/aromatic N) is 1. The van der Waals surface area contributed by atoms with E-state index in [9.17, 15) is 18.0 Å². The lowest BCUT2D eigenvalue weighted by atomic mass is 10.2. The molecule has 130 valence electrons. The summed E-state index contributed by atoms with van der Waals surface area (Å²) < 4.78 is 48.2. The molecule has 1 N–H and O–H groups in total. The van der Waals surface area contributed by atoms with E-state index in [4.69, 9.17) is 9.47 Å². The molecule has 2 aromatic rings. The maximum Gasteiger partial charge on any atom is 0.437 e. The van der Waals surface area contributed by atoms with E-state index in [1.165, 1.54) is 18.3 Å². The van der Waals surface area contributed by atoms with Crippen molar-refractivity contribution >= 4 is 18.0 Å². The minimum Gasteiger partial charge on any atom is -0.454 e. The number of nitrogens with one attached hydrogen (secondary N) is 1. The van der Waals surface area contributed by atoms with Crippen LogP contribution in [0, 0.1) is 0 Å². The molecule has 1 aliphatic rings. The molecule has 0 saturated carbocycles. The number of halogens is 3. The summed E-state index contributed by atoms with van der Waals surface area (Å²) in [7, 11) is 0. The summed E-state index contributed by atoms with van der Waals surface area (Å²) in [5, 5.41) is 5.64. The third-order valence-corrected chi connectivity index (χ3v) is 3.17. The van der Waals surface area contributed by atoms with Crippen molar-refractivity contribution in [2.75, 3.05) is 12.1 Å². The molecule has 0 radical (unpaired) electrons. The van der Waals surface area contributed by atoms with Gasteiger partial charge in [-0.3, -0.25) is 10.2 Å². The number of alkyl halides is 3. The van der Waals surface area contributed by atoms with E-state index in [0.717, 1.165) is 12.1 Å². The second-order valence-corrected chi connectivity index (χ2v) is 4.93. The Bertz CT molecular complexity index is 821. The van der Waals surface area contributed by atoms with Crippen molar-refractivity contribution < 1.29 is 32.3 Å². The van der Waals surface area contributed by atoms with Gasteiger partial charge in [-0.05, 0) is 36.4 Å². The van der Waals surface area contributed by atoms with Gasteiger partial charge in [0.2, 0.25) is 6.79 Å². The molecular weight excluding hydrogens is 341 g/mol. The van der Waals surface area contributed by atoms with Gasteiger partial charge in [-0.15, -0.1) is 0 Å². The number of carbonyl (C=O) groups excluding carboxylic acids is 1. The highest BCUT2D eigenvalue weighted by molar-refractivity contribution is 5.86. The molecule has 0 fully saturated rings. The van der Waals surface area contributed by atoms with E-state index in [1.54, 1.807) is 18.2 Å². The van der Waals surface area contributed by atoms with Gasteiger partial charge in [0.1, 0.15) is 0 Å². The van der Waals surface area contributed by atoms with E-state index in [2.05, 4.69) is 15.3 Å². The molecular formula is C16H11F3N2O4. The van der Waals surface area contributed by atoms with Crippen LogP contribution in [-0.2, 0) is 11.0 Å². The fourth-order valence-electron chi connectivity index (χ4n) is 2.04. The molecule has 2 aromatic carbocycles. The fraction of sp³-hybridized carbons (Fsp3) is 0.125. The largest absolute Gasteiger partial charge is 0.454 e.